The van der Waals surface area contributed by atoms with Crippen molar-refractivity contribution in [1.82, 2.24) is 9.62 Å². The van der Waals surface area contributed by atoms with E-state index < -0.39 is 10.0 Å². The van der Waals surface area contributed by atoms with E-state index >= 15 is 0 Å². The number of nitrogens with one attached hydrogen (secondary N) is 1. The van der Waals surface area contributed by atoms with Crippen molar-refractivity contribution in [2.45, 2.75) is 31.7 Å². The van der Waals surface area contributed by atoms with Gasteiger partial charge in [-0.1, -0.05) is 6.07 Å². The highest BCUT2D eigenvalue weighted by molar-refractivity contribution is 7.89. The Morgan fingerprint density at radius 1 is 1.15 bits per heavy atom. The first-order chi connectivity index (χ1) is 12.8. The molecule has 1 aromatic heterocycles. The third kappa shape index (κ3) is 4.23. The number of benzene rings is 1. The maximum Gasteiger partial charge on any atom is 0.252 e. The summed E-state index contributed by atoms with van der Waals surface area (Å²) in [6, 6.07) is 7.95. The van der Waals surface area contributed by atoms with Gasteiger partial charge in [0.1, 0.15) is 11.5 Å². The first-order valence-electron chi connectivity index (χ1n) is 8.85. The fourth-order valence-electron chi connectivity index (χ4n) is 2.97. The van der Waals surface area contributed by atoms with E-state index in [1.54, 1.807) is 13.0 Å². The lowest BCUT2D eigenvalue weighted by Gasteiger charge is -2.26. The summed E-state index contributed by atoms with van der Waals surface area (Å²) in [6.45, 7) is 6.81. The lowest BCUT2D eigenvalue weighted by molar-refractivity contribution is 0.0730. The number of carbonyl (C=O) groups is 1. The highest BCUT2D eigenvalue weighted by atomic mass is 32.2. The molecule has 0 aliphatic carbocycles. The second-order valence-electron chi connectivity index (χ2n) is 6.64. The molecule has 0 saturated carbocycles. The molecule has 7 nitrogen and oxygen atoms in total. The van der Waals surface area contributed by atoms with Crippen LogP contribution < -0.4 is 5.32 Å². The Labute approximate surface area is 159 Å². The van der Waals surface area contributed by atoms with Gasteiger partial charge in [0.05, 0.1) is 24.2 Å². The van der Waals surface area contributed by atoms with Gasteiger partial charge in [0.2, 0.25) is 10.0 Å². The molecule has 1 aromatic carbocycles. The molecular formula is C19H24N2O5S. The van der Waals surface area contributed by atoms with Gasteiger partial charge in [-0.05, 0) is 50.6 Å². The van der Waals surface area contributed by atoms with E-state index in [9.17, 15) is 13.2 Å². The molecule has 1 aliphatic rings. The van der Waals surface area contributed by atoms with Crippen molar-refractivity contribution in [3.05, 3.63) is 53.0 Å². The second-order valence-corrected chi connectivity index (χ2v) is 8.57. The van der Waals surface area contributed by atoms with Crippen LogP contribution in [-0.4, -0.2) is 44.9 Å². The summed E-state index contributed by atoms with van der Waals surface area (Å²) in [5.41, 5.74) is 1.04. The molecule has 0 spiro atoms. The summed E-state index contributed by atoms with van der Waals surface area (Å²) < 4.78 is 37.8. The molecule has 0 bridgehead atoms. The summed E-state index contributed by atoms with van der Waals surface area (Å²) in [5.74, 6) is 1.07. The average molecular weight is 392 g/mol. The van der Waals surface area contributed by atoms with E-state index in [0.717, 1.165) is 5.76 Å². The molecule has 1 saturated heterocycles. The Morgan fingerprint density at radius 3 is 2.48 bits per heavy atom. The topological polar surface area (TPSA) is 88.9 Å². The fourth-order valence-corrected chi connectivity index (χ4v) is 4.41. The molecule has 2 heterocycles. The lowest BCUT2D eigenvalue weighted by atomic mass is 10.1. The standard InChI is InChI=1S/C19H24N2O5S/c1-13-4-6-16(27(23,24)21-8-10-25-11-9-21)12-17(13)19(22)20-15(3)18-7-5-14(2)26-18/h4-7,12,15H,8-11H2,1-3H3,(H,20,22). The molecule has 3 rings (SSSR count). The third-order valence-corrected chi connectivity index (χ3v) is 6.49. The maximum atomic E-state index is 12.8. The largest absolute Gasteiger partial charge is 0.464 e. The molecule has 1 fully saturated rings. The van der Waals surface area contributed by atoms with E-state index in [4.69, 9.17) is 9.15 Å². The zero-order valence-electron chi connectivity index (χ0n) is 15.7. The molecule has 1 amide bonds. The van der Waals surface area contributed by atoms with Gasteiger partial charge < -0.3 is 14.5 Å². The van der Waals surface area contributed by atoms with Gasteiger partial charge >= 0.3 is 0 Å². The quantitative estimate of drug-likeness (QED) is 0.844. The maximum absolute atomic E-state index is 12.8. The molecular weight excluding hydrogens is 368 g/mol. The van der Waals surface area contributed by atoms with Crippen molar-refractivity contribution in [2.75, 3.05) is 26.3 Å². The van der Waals surface area contributed by atoms with Crippen LogP contribution in [0.5, 0.6) is 0 Å². The highest BCUT2D eigenvalue weighted by Crippen LogP contribution is 2.22. The lowest BCUT2D eigenvalue weighted by Crippen LogP contribution is -2.40. The second kappa shape index (κ2) is 7.84. The molecule has 1 atom stereocenters. The minimum absolute atomic E-state index is 0.113. The normalized spacial score (nSPS) is 16.9. The Hall–Kier alpha value is -2.16. The molecule has 8 heteroatoms. The molecule has 1 N–H and O–H groups in total. The van der Waals surface area contributed by atoms with Crippen molar-refractivity contribution >= 4 is 15.9 Å². The third-order valence-electron chi connectivity index (χ3n) is 4.60. The number of furan rings is 1. The Bertz CT molecular complexity index is 929. The SMILES string of the molecule is Cc1ccc(C(C)NC(=O)c2cc(S(=O)(=O)N3CCOCC3)ccc2C)o1. The number of nitrogens with zero attached hydrogens (tertiary/aromatic N) is 1. The highest BCUT2D eigenvalue weighted by Gasteiger charge is 2.27. The van der Waals surface area contributed by atoms with Gasteiger partial charge in [-0.15, -0.1) is 0 Å². The molecule has 1 aliphatic heterocycles. The van der Waals surface area contributed by atoms with E-state index in [2.05, 4.69) is 5.32 Å². The smallest absolute Gasteiger partial charge is 0.252 e. The van der Waals surface area contributed by atoms with Crippen LogP contribution in [0.15, 0.2) is 39.6 Å². The number of amides is 1. The van der Waals surface area contributed by atoms with Crippen LogP contribution >= 0.6 is 0 Å². The van der Waals surface area contributed by atoms with E-state index in [-0.39, 0.29) is 16.8 Å². The van der Waals surface area contributed by atoms with Gasteiger partial charge in [-0.3, -0.25) is 4.79 Å². The van der Waals surface area contributed by atoms with Crippen LogP contribution in [0.25, 0.3) is 0 Å². The summed E-state index contributed by atoms with van der Waals surface area (Å²) >= 11 is 0. The first kappa shape index (κ1) is 19.6. The number of morpholine rings is 1. The summed E-state index contributed by atoms with van der Waals surface area (Å²) in [4.78, 5) is 12.8. The van der Waals surface area contributed by atoms with Crippen molar-refractivity contribution in [3.8, 4) is 0 Å². The summed E-state index contributed by atoms with van der Waals surface area (Å²) in [5, 5.41) is 2.86. The van der Waals surface area contributed by atoms with Crippen LogP contribution in [0.1, 0.15) is 40.4 Å². The minimum Gasteiger partial charge on any atom is -0.464 e. The van der Waals surface area contributed by atoms with Crippen molar-refractivity contribution in [1.29, 1.82) is 0 Å². The number of hydrogen-bond acceptors (Lipinski definition) is 5. The van der Waals surface area contributed by atoms with Crippen LogP contribution in [0.4, 0.5) is 0 Å². The van der Waals surface area contributed by atoms with E-state index in [0.29, 0.717) is 43.2 Å². The van der Waals surface area contributed by atoms with E-state index in [1.165, 1.54) is 16.4 Å². The Balaban J connectivity index is 1.83. The number of sulfonamides is 1. The number of aryl methyl sites for hydroxylation is 2. The minimum atomic E-state index is -3.66. The fraction of sp³-hybridized carbons (Fsp3) is 0.421. The Morgan fingerprint density at radius 2 is 1.85 bits per heavy atom. The molecule has 2 aromatic rings. The summed E-state index contributed by atoms with van der Waals surface area (Å²) in [7, 11) is -3.66. The molecule has 1 unspecified atom stereocenters. The number of ether oxygens (including phenoxy) is 1. The predicted octanol–water partition coefficient (Wildman–Crippen LogP) is 2.41. The van der Waals surface area contributed by atoms with E-state index in [1.807, 2.05) is 26.0 Å². The Kier molecular flexibility index (Phi) is 5.69. The number of carbonyl (C=O) groups excluding carboxylic acids is 1. The number of rotatable bonds is 5. The van der Waals surface area contributed by atoms with Gasteiger partial charge in [-0.25, -0.2) is 8.42 Å². The van der Waals surface area contributed by atoms with Crippen molar-refractivity contribution in [2.24, 2.45) is 0 Å². The van der Waals surface area contributed by atoms with Crippen LogP contribution in [0, 0.1) is 13.8 Å². The van der Waals surface area contributed by atoms with Crippen LogP contribution in [-0.2, 0) is 14.8 Å². The van der Waals surface area contributed by atoms with Gasteiger partial charge in [0, 0.05) is 18.7 Å². The van der Waals surface area contributed by atoms with Gasteiger partial charge in [-0.2, -0.15) is 4.31 Å². The summed E-state index contributed by atoms with van der Waals surface area (Å²) in [6.07, 6.45) is 0. The molecule has 27 heavy (non-hydrogen) atoms. The zero-order chi connectivity index (χ0) is 19.6. The van der Waals surface area contributed by atoms with Crippen molar-refractivity contribution < 1.29 is 22.4 Å². The monoisotopic (exact) mass is 392 g/mol. The van der Waals surface area contributed by atoms with Crippen molar-refractivity contribution in [3.63, 3.8) is 0 Å². The average Bonchev–Trinajstić information content (AvgIpc) is 3.09. The van der Waals surface area contributed by atoms with Gasteiger partial charge in [0.25, 0.3) is 5.91 Å². The number of hydrogen-bond donors (Lipinski definition) is 1. The van der Waals surface area contributed by atoms with Crippen LogP contribution in [0.2, 0.25) is 0 Å². The zero-order valence-corrected chi connectivity index (χ0v) is 16.5. The molecule has 146 valence electrons. The molecule has 0 radical (unpaired) electrons. The predicted molar refractivity (Wildman–Crippen MR) is 100 cm³/mol. The first-order valence-corrected chi connectivity index (χ1v) is 10.3. The van der Waals surface area contributed by atoms with Gasteiger partial charge in [0.15, 0.2) is 0 Å². The van der Waals surface area contributed by atoms with Crippen LogP contribution in [0.3, 0.4) is 0 Å².